The Morgan fingerprint density at radius 2 is 1.49 bits per heavy atom. The Labute approximate surface area is 209 Å². The molecule has 2 aliphatic rings. The molecule has 2 aromatic rings. The molecule has 0 aliphatic carbocycles. The van der Waals surface area contributed by atoms with E-state index in [0.717, 1.165) is 47.9 Å². The molecule has 2 heterocycles. The number of unbranched alkanes of at least 4 members (excludes halogenated alkanes) is 1. The number of hydrogen-bond acceptors (Lipinski definition) is 4. The number of rotatable bonds is 13. The number of phosphoric acid groups is 1. The number of hydrogen-bond donors (Lipinski definition) is 2. The molecule has 7 heteroatoms. The van der Waals surface area contributed by atoms with Gasteiger partial charge in [0, 0.05) is 18.8 Å². The Bertz CT molecular complexity index is 1050. The summed E-state index contributed by atoms with van der Waals surface area (Å²) in [4.78, 5) is 20.4. The van der Waals surface area contributed by atoms with Gasteiger partial charge in [-0.3, -0.25) is 4.52 Å². The highest BCUT2D eigenvalue weighted by Gasteiger charge is 2.48. The van der Waals surface area contributed by atoms with E-state index in [1.165, 1.54) is 0 Å². The fourth-order valence-electron chi connectivity index (χ4n) is 5.56. The summed E-state index contributed by atoms with van der Waals surface area (Å²) in [7, 11) is -4.82. The van der Waals surface area contributed by atoms with E-state index in [2.05, 4.69) is 26.0 Å². The van der Waals surface area contributed by atoms with E-state index in [0.29, 0.717) is 12.8 Å². The van der Waals surface area contributed by atoms with Crippen LogP contribution in [0, 0.1) is 0 Å². The van der Waals surface area contributed by atoms with Gasteiger partial charge in [0.05, 0.1) is 24.4 Å². The summed E-state index contributed by atoms with van der Waals surface area (Å²) in [6.07, 6.45) is 5.29. The van der Waals surface area contributed by atoms with Gasteiger partial charge in [-0.15, -0.1) is 0 Å². The van der Waals surface area contributed by atoms with Crippen LogP contribution in [0.3, 0.4) is 0 Å². The molecule has 2 fully saturated rings. The molecule has 0 bridgehead atoms. The third-order valence-corrected chi connectivity index (χ3v) is 8.20. The Morgan fingerprint density at radius 1 is 0.943 bits per heavy atom. The first-order valence-electron chi connectivity index (χ1n) is 12.9. The number of ether oxygens (including phenoxy) is 2. The van der Waals surface area contributed by atoms with E-state index in [9.17, 15) is 14.4 Å². The fourth-order valence-corrected chi connectivity index (χ4v) is 6.33. The van der Waals surface area contributed by atoms with Crippen molar-refractivity contribution in [1.82, 2.24) is 0 Å². The van der Waals surface area contributed by atoms with Gasteiger partial charge >= 0.3 is 7.82 Å². The third-order valence-electron chi connectivity index (χ3n) is 7.64. The number of benzene rings is 2. The van der Waals surface area contributed by atoms with E-state index in [4.69, 9.17) is 14.0 Å². The van der Waals surface area contributed by atoms with Crippen LogP contribution in [0.4, 0.5) is 0 Å². The summed E-state index contributed by atoms with van der Waals surface area (Å²) in [6, 6.07) is 16.2. The van der Waals surface area contributed by atoms with Crippen molar-refractivity contribution in [2.45, 2.75) is 102 Å². The molecule has 2 saturated heterocycles. The molecular formula is C28H39O6P. The van der Waals surface area contributed by atoms with Gasteiger partial charge in [-0.2, -0.15) is 0 Å². The zero-order valence-corrected chi connectivity index (χ0v) is 22.1. The smallest absolute Gasteiger partial charge is 0.370 e. The van der Waals surface area contributed by atoms with E-state index in [1.807, 2.05) is 50.2 Å². The lowest BCUT2D eigenvalue weighted by atomic mass is 9.70. The lowest BCUT2D eigenvalue weighted by molar-refractivity contribution is -0.00247. The normalized spacial score (nSPS) is 26.2. The summed E-state index contributed by atoms with van der Waals surface area (Å²) in [6.45, 7) is 8.23. The van der Waals surface area contributed by atoms with Crippen molar-refractivity contribution in [1.29, 1.82) is 0 Å². The average molecular weight is 503 g/mol. The molecule has 6 atom stereocenters. The van der Waals surface area contributed by atoms with Crippen LogP contribution >= 0.6 is 7.82 Å². The molecule has 2 N–H and O–H groups in total. The van der Waals surface area contributed by atoms with Gasteiger partial charge in [-0.1, -0.05) is 75.2 Å². The molecule has 6 unspecified atom stereocenters. The molecule has 0 radical (unpaired) electrons. The van der Waals surface area contributed by atoms with Crippen LogP contribution < -0.4 is 0 Å². The average Bonchev–Trinajstić information content (AvgIpc) is 3.71. The second-order valence-electron chi connectivity index (χ2n) is 10.0. The first kappa shape index (κ1) is 26.5. The second kappa shape index (κ2) is 10.8. The van der Waals surface area contributed by atoms with Gasteiger partial charge in [-0.05, 0) is 48.9 Å². The molecular weight excluding hydrogens is 463 g/mol. The fraction of sp³-hybridized carbons (Fsp3) is 0.571. The molecule has 192 valence electrons. The summed E-state index contributed by atoms with van der Waals surface area (Å²) in [5.41, 5.74) is 2.93. The first-order valence-corrected chi connectivity index (χ1v) is 14.4. The molecule has 6 nitrogen and oxygen atoms in total. The van der Waals surface area contributed by atoms with Gasteiger partial charge in [0.15, 0.2) is 0 Å². The first-order chi connectivity index (χ1) is 16.7. The van der Waals surface area contributed by atoms with Crippen molar-refractivity contribution >= 4 is 7.82 Å². The van der Waals surface area contributed by atoms with Crippen molar-refractivity contribution in [3.05, 3.63) is 70.8 Å². The van der Waals surface area contributed by atoms with Crippen LogP contribution in [-0.4, -0.2) is 34.2 Å². The highest BCUT2D eigenvalue weighted by Crippen LogP contribution is 2.56. The molecule has 0 spiro atoms. The summed E-state index contributed by atoms with van der Waals surface area (Å²) in [5, 5.41) is 0. The maximum atomic E-state index is 12.5. The van der Waals surface area contributed by atoms with E-state index >= 15 is 0 Å². The topological polar surface area (TPSA) is 91.8 Å². The van der Waals surface area contributed by atoms with Crippen LogP contribution in [-0.2, 0) is 37.0 Å². The molecule has 0 amide bonds. The second-order valence-corrected chi connectivity index (χ2v) is 11.2. The Hall–Kier alpha value is -1.53. The summed E-state index contributed by atoms with van der Waals surface area (Å²) in [5.74, 6) is -0.232. The Morgan fingerprint density at radius 3 is 2.03 bits per heavy atom. The number of phosphoric ester groups is 1. The summed E-state index contributed by atoms with van der Waals surface area (Å²) >= 11 is 0. The molecule has 2 aliphatic heterocycles. The van der Waals surface area contributed by atoms with Crippen molar-refractivity contribution < 1.29 is 28.3 Å². The van der Waals surface area contributed by atoms with Crippen molar-refractivity contribution in [3.63, 3.8) is 0 Å². The standard InChI is InChI=1S/C28H39O6P/c1-5-7-15-25(23-14-10-8-12-21(23)17-26-19(3)32-26)28(6-2,34-35(29,30)31)24-16-11-9-13-22(24)18-27-20(4)33-27/h8-14,16,19-20,25-27H,5-7,15,17-18H2,1-4H3,(H2,29,30,31). The van der Waals surface area contributed by atoms with E-state index in [-0.39, 0.29) is 30.3 Å². The lowest BCUT2D eigenvalue weighted by Gasteiger charge is -2.42. The maximum absolute atomic E-state index is 12.5. The largest absolute Gasteiger partial charge is 0.470 e. The maximum Gasteiger partial charge on any atom is 0.470 e. The predicted octanol–water partition coefficient (Wildman–Crippen LogP) is 6.03. The molecule has 4 rings (SSSR count). The number of epoxide rings is 2. The minimum atomic E-state index is -4.82. The Kier molecular flexibility index (Phi) is 8.22. The molecule has 2 aromatic carbocycles. The van der Waals surface area contributed by atoms with Gasteiger partial charge < -0.3 is 19.3 Å². The zero-order chi connectivity index (χ0) is 25.2. The van der Waals surface area contributed by atoms with Crippen LogP contribution in [0.15, 0.2) is 48.5 Å². The van der Waals surface area contributed by atoms with Crippen LogP contribution in [0.2, 0.25) is 0 Å². The summed E-state index contributed by atoms with van der Waals surface area (Å²) < 4.78 is 29.9. The predicted molar refractivity (Wildman–Crippen MR) is 136 cm³/mol. The SMILES string of the molecule is CCCCC(c1ccccc1CC1OC1C)C(CC)(OP(=O)(O)O)c1ccccc1CC1OC1C. The van der Waals surface area contributed by atoms with E-state index in [1.54, 1.807) is 0 Å². The lowest BCUT2D eigenvalue weighted by Crippen LogP contribution is -2.37. The molecule has 0 aromatic heterocycles. The minimum Gasteiger partial charge on any atom is -0.370 e. The van der Waals surface area contributed by atoms with Crippen molar-refractivity contribution in [2.75, 3.05) is 0 Å². The van der Waals surface area contributed by atoms with Gasteiger partial charge in [0.2, 0.25) is 0 Å². The van der Waals surface area contributed by atoms with Gasteiger partial charge in [0.1, 0.15) is 5.60 Å². The molecule has 0 saturated carbocycles. The zero-order valence-electron chi connectivity index (χ0n) is 21.2. The third kappa shape index (κ3) is 6.25. The van der Waals surface area contributed by atoms with Crippen LogP contribution in [0.1, 0.15) is 81.5 Å². The van der Waals surface area contributed by atoms with Gasteiger partial charge in [0.25, 0.3) is 0 Å². The van der Waals surface area contributed by atoms with Crippen molar-refractivity contribution in [3.8, 4) is 0 Å². The highest BCUT2D eigenvalue weighted by molar-refractivity contribution is 7.46. The van der Waals surface area contributed by atoms with Crippen LogP contribution in [0.25, 0.3) is 0 Å². The van der Waals surface area contributed by atoms with E-state index < -0.39 is 13.4 Å². The molecule has 35 heavy (non-hydrogen) atoms. The minimum absolute atomic E-state index is 0.121. The quantitative estimate of drug-likeness (QED) is 0.257. The Balaban J connectivity index is 1.86. The van der Waals surface area contributed by atoms with Crippen molar-refractivity contribution in [2.24, 2.45) is 0 Å². The van der Waals surface area contributed by atoms with Crippen LogP contribution in [0.5, 0.6) is 0 Å². The monoisotopic (exact) mass is 502 g/mol. The highest BCUT2D eigenvalue weighted by atomic mass is 31.2. The van der Waals surface area contributed by atoms with Gasteiger partial charge in [-0.25, -0.2) is 4.57 Å².